The van der Waals surface area contributed by atoms with Crippen LogP contribution >= 0.6 is 11.6 Å². The Morgan fingerprint density at radius 3 is 2.65 bits per heavy atom. The maximum atomic E-state index is 11.4. The van der Waals surface area contributed by atoms with Gasteiger partial charge < -0.3 is 14.8 Å². The minimum absolute atomic E-state index is 0.166. The Morgan fingerprint density at radius 1 is 1.35 bits per heavy atom. The van der Waals surface area contributed by atoms with Crippen LogP contribution in [0.2, 0.25) is 5.02 Å². The van der Waals surface area contributed by atoms with Crippen molar-refractivity contribution in [2.45, 2.75) is 13.3 Å². The van der Waals surface area contributed by atoms with E-state index in [1.165, 1.54) is 6.33 Å². The smallest absolute Gasteiger partial charge is 0.271 e. The summed E-state index contributed by atoms with van der Waals surface area (Å²) in [6.07, 6.45) is 2.38. The molecule has 0 radical (unpaired) electrons. The summed E-state index contributed by atoms with van der Waals surface area (Å²) in [5, 5.41) is 0.166. The molecule has 0 unspecified atom stereocenters. The molecule has 0 aliphatic rings. The van der Waals surface area contributed by atoms with Crippen LogP contribution in [0.3, 0.4) is 0 Å². The van der Waals surface area contributed by atoms with Gasteiger partial charge in [-0.2, -0.15) is 0 Å². The first-order chi connectivity index (χ1) is 8.06. The quantitative estimate of drug-likeness (QED) is 0.833. The number of nitrogens with zero attached hydrogens (tertiary/aromatic N) is 3. The summed E-state index contributed by atoms with van der Waals surface area (Å²) in [5.41, 5.74) is -0.289. The van der Waals surface area contributed by atoms with E-state index in [1.807, 2.05) is 19.0 Å². The van der Waals surface area contributed by atoms with Crippen LogP contribution in [0.1, 0.15) is 13.3 Å². The van der Waals surface area contributed by atoms with Crippen LogP contribution in [0.5, 0.6) is 0 Å². The first-order valence-electron chi connectivity index (χ1n) is 5.69. The van der Waals surface area contributed by atoms with Crippen LogP contribution < -0.4 is 10.5 Å². The van der Waals surface area contributed by atoms with Crippen molar-refractivity contribution in [1.29, 1.82) is 0 Å². The molecule has 1 rings (SSSR count). The number of aromatic nitrogens is 2. The fraction of sp³-hybridized carbons (Fsp3) is 0.636. The normalized spacial score (nSPS) is 10.9. The minimum Gasteiger partial charge on any atom is -0.354 e. The lowest BCUT2D eigenvalue weighted by molar-refractivity contribution is 0.412. The summed E-state index contributed by atoms with van der Waals surface area (Å²) in [6.45, 7) is 4.62. The van der Waals surface area contributed by atoms with Crippen LogP contribution in [0.15, 0.2) is 11.1 Å². The summed E-state index contributed by atoms with van der Waals surface area (Å²) < 4.78 is 0. The topological polar surface area (TPSA) is 52.2 Å². The van der Waals surface area contributed by atoms with E-state index in [2.05, 4.69) is 21.8 Å². The molecular formula is C11H19ClN4O. The van der Waals surface area contributed by atoms with Gasteiger partial charge >= 0.3 is 0 Å². The highest BCUT2D eigenvalue weighted by Gasteiger charge is 2.13. The number of hydrogen-bond acceptors (Lipinski definition) is 4. The number of hydrogen-bond donors (Lipinski definition) is 1. The Labute approximate surface area is 106 Å². The second kappa shape index (κ2) is 6.61. The molecule has 0 saturated heterocycles. The number of rotatable bonds is 6. The molecule has 0 fully saturated rings. The molecule has 0 spiro atoms. The number of nitrogens with one attached hydrogen (secondary N) is 1. The summed E-state index contributed by atoms with van der Waals surface area (Å²) in [5.74, 6) is 0.569. The highest BCUT2D eigenvalue weighted by atomic mass is 35.5. The maximum Gasteiger partial charge on any atom is 0.271 e. The zero-order valence-electron chi connectivity index (χ0n) is 10.5. The van der Waals surface area contributed by atoms with Crippen LogP contribution in [0.25, 0.3) is 0 Å². The Hall–Kier alpha value is -1.07. The highest BCUT2D eigenvalue weighted by molar-refractivity contribution is 6.32. The minimum atomic E-state index is -0.289. The van der Waals surface area contributed by atoms with Crippen LogP contribution in [-0.2, 0) is 0 Å². The van der Waals surface area contributed by atoms with Gasteiger partial charge in [-0.05, 0) is 20.5 Å². The molecule has 0 atom stereocenters. The number of H-pyrrole nitrogens is 1. The van der Waals surface area contributed by atoms with Crippen molar-refractivity contribution in [2.75, 3.05) is 38.6 Å². The summed E-state index contributed by atoms with van der Waals surface area (Å²) in [6, 6.07) is 0. The summed E-state index contributed by atoms with van der Waals surface area (Å²) in [4.78, 5) is 22.2. The van der Waals surface area contributed by atoms with Gasteiger partial charge in [0.2, 0.25) is 0 Å². The maximum absolute atomic E-state index is 11.4. The van der Waals surface area contributed by atoms with E-state index in [4.69, 9.17) is 11.6 Å². The van der Waals surface area contributed by atoms with Gasteiger partial charge in [-0.1, -0.05) is 18.5 Å². The lowest BCUT2D eigenvalue weighted by Crippen LogP contribution is -2.34. The molecule has 96 valence electrons. The van der Waals surface area contributed by atoms with Gasteiger partial charge in [0.15, 0.2) is 5.82 Å². The predicted octanol–water partition coefficient (Wildman–Crippen LogP) is 1.20. The standard InChI is InChI=1S/C11H19ClN4O/c1-4-5-16(7-6-15(2)3)10-9(12)11(17)14-8-13-10/h8H,4-7H2,1-3H3,(H,13,14,17). The van der Waals surface area contributed by atoms with Gasteiger partial charge in [-0.15, -0.1) is 0 Å². The van der Waals surface area contributed by atoms with Crippen molar-refractivity contribution < 1.29 is 0 Å². The first-order valence-corrected chi connectivity index (χ1v) is 6.07. The van der Waals surface area contributed by atoms with Gasteiger partial charge in [0, 0.05) is 19.6 Å². The molecule has 0 bridgehead atoms. The summed E-state index contributed by atoms with van der Waals surface area (Å²) >= 11 is 5.98. The fourth-order valence-corrected chi connectivity index (χ4v) is 1.73. The molecular weight excluding hydrogens is 240 g/mol. The Balaban J connectivity index is 2.89. The summed E-state index contributed by atoms with van der Waals surface area (Å²) in [7, 11) is 4.02. The van der Waals surface area contributed by atoms with Gasteiger partial charge in [0.25, 0.3) is 5.56 Å². The molecule has 0 aliphatic carbocycles. The monoisotopic (exact) mass is 258 g/mol. The number of anilines is 1. The van der Waals surface area contributed by atoms with E-state index in [0.717, 1.165) is 26.1 Å². The average molecular weight is 259 g/mol. The van der Waals surface area contributed by atoms with E-state index in [-0.39, 0.29) is 10.6 Å². The zero-order chi connectivity index (χ0) is 12.8. The van der Waals surface area contributed by atoms with Crippen molar-refractivity contribution in [3.8, 4) is 0 Å². The number of aromatic amines is 1. The highest BCUT2D eigenvalue weighted by Crippen LogP contribution is 2.18. The molecule has 17 heavy (non-hydrogen) atoms. The zero-order valence-corrected chi connectivity index (χ0v) is 11.3. The molecule has 0 saturated carbocycles. The van der Waals surface area contributed by atoms with Crippen molar-refractivity contribution in [3.05, 3.63) is 21.7 Å². The first kappa shape index (κ1) is 14.0. The van der Waals surface area contributed by atoms with E-state index < -0.39 is 0 Å². The van der Waals surface area contributed by atoms with E-state index in [1.54, 1.807) is 0 Å². The van der Waals surface area contributed by atoms with Crippen molar-refractivity contribution in [3.63, 3.8) is 0 Å². The molecule has 5 nitrogen and oxygen atoms in total. The van der Waals surface area contributed by atoms with E-state index in [0.29, 0.717) is 5.82 Å². The molecule has 6 heteroatoms. The van der Waals surface area contributed by atoms with Gasteiger partial charge in [0.05, 0.1) is 6.33 Å². The van der Waals surface area contributed by atoms with E-state index >= 15 is 0 Å². The molecule has 0 aliphatic heterocycles. The SMILES string of the molecule is CCCN(CCN(C)C)c1nc[nH]c(=O)c1Cl. The van der Waals surface area contributed by atoms with Gasteiger partial charge in [-0.3, -0.25) is 4.79 Å². The third kappa shape index (κ3) is 4.02. The Morgan fingerprint density at radius 2 is 2.06 bits per heavy atom. The average Bonchev–Trinajstić information content (AvgIpc) is 2.28. The van der Waals surface area contributed by atoms with E-state index in [9.17, 15) is 4.79 Å². The molecule has 0 amide bonds. The number of likely N-dealkylation sites (N-methyl/N-ethyl adjacent to an activating group) is 1. The second-order valence-electron chi connectivity index (χ2n) is 4.16. The van der Waals surface area contributed by atoms with Gasteiger partial charge in [0.1, 0.15) is 5.02 Å². The lowest BCUT2D eigenvalue weighted by Gasteiger charge is -2.25. The molecule has 0 aromatic carbocycles. The Kier molecular flexibility index (Phi) is 5.44. The third-order valence-corrected chi connectivity index (χ3v) is 2.73. The molecule has 1 heterocycles. The Bertz CT molecular complexity index is 405. The van der Waals surface area contributed by atoms with Crippen LogP contribution in [-0.4, -0.2) is 48.6 Å². The van der Waals surface area contributed by atoms with Crippen molar-refractivity contribution in [1.82, 2.24) is 14.9 Å². The van der Waals surface area contributed by atoms with Crippen LogP contribution in [0, 0.1) is 0 Å². The predicted molar refractivity (Wildman–Crippen MR) is 70.9 cm³/mol. The van der Waals surface area contributed by atoms with Crippen molar-refractivity contribution >= 4 is 17.4 Å². The second-order valence-corrected chi connectivity index (χ2v) is 4.54. The lowest BCUT2D eigenvalue weighted by atomic mass is 10.3. The van der Waals surface area contributed by atoms with Gasteiger partial charge in [-0.25, -0.2) is 4.98 Å². The molecule has 1 N–H and O–H groups in total. The molecule has 1 aromatic heterocycles. The third-order valence-electron chi connectivity index (χ3n) is 2.39. The fourth-order valence-electron chi connectivity index (χ4n) is 1.51. The van der Waals surface area contributed by atoms with Crippen molar-refractivity contribution in [2.24, 2.45) is 0 Å². The van der Waals surface area contributed by atoms with Crippen LogP contribution in [0.4, 0.5) is 5.82 Å². The number of halogens is 1. The largest absolute Gasteiger partial charge is 0.354 e. The molecule has 1 aromatic rings.